The molecule has 2 atom stereocenters. The summed E-state index contributed by atoms with van der Waals surface area (Å²) in [6.07, 6.45) is 2.30. The Morgan fingerprint density at radius 2 is 2.15 bits per heavy atom. The normalized spacial score (nSPS) is 23.5. The molecule has 0 radical (unpaired) electrons. The molecule has 20 heavy (non-hydrogen) atoms. The van der Waals surface area contributed by atoms with E-state index in [1.165, 1.54) is 18.6 Å². The maximum atomic E-state index is 12.3. The first-order valence-corrected chi connectivity index (χ1v) is 6.99. The number of ketones is 1. The predicted molar refractivity (Wildman–Crippen MR) is 76.9 cm³/mol. The van der Waals surface area contributed by atoms with Gasteiger partial charge in [-0.3, -0.25) is 19.8 Å². The number of hydrogen-bond acceptors (Lipinski definition) is 4. The van der Waals surface area contributed by atoms with Gasteiger partial charge in [-0.15, -0.1) is 0 Å². The summed E-state index contributed by atoms with van der Waals surface area (Å²) in [7, 11) is 0. The van der Waals surface area contributed by atoms with Gasteiger partial charge in [-0.2, -0.15) is 0 Å². The van der Waals surface area contributed by atoms with Crippen molar-refractivity contribution in [3.05, 3.63) is 39.9 Å². The molecule has 0 saturated carbocycles. The van der Waals surface area contributed by atoms with E-state index in [2.05, 4.69) is 18.7 Å². The highest BCUT2D eigenvalue weighted by Crippen LogP contribution is 2.22. The summed E-state index contributed by atoms with van der Waals surface area (Å²) in [4.78, 5) is 24.7. The second-order valence-electron chi connectivity index (χ2n) is 5.69. The van der Waals surface area contributed by atoms with E-state index in [-0.39, 0.29) is 11.5 Å². The van der Waals surface area contributed by atoms with Gasteiger partial charge >= 0.3 is 0 Å². The Labute approximate surface area is 118 Å². The second kappa shape index (κ2) is 6.13. The highest BCUT2D eigenvalue weighted by molar-refractivity contribution is 5.98. The number of piperidine rings is 1. The number of carbonyl (C=O) groups excluding carboxylic acids is 1. The van der Waals surface area contributed by atoms with Gasteiger partial charge in [-0.25, -0.2) is 0 Å². The Morgan fingerprint density at radius 3 is 2.85 bits per heavy atom. The number of nitro groups is 1. The predicted octanol–water partition coefficient (Wildman–Crippen LogP) is 2.90. The lowest BCUT2D eigenvalue weighted by Gasteiger charge is -2.36. The second-order valence-corrected chi connectivity index (χ2v) is 5.69. The van der Waals surface area contributed by atoms with E-state index in [0.717, 1.165) is 13.0 Å². The van der Waals surface area contributed by atoms with Gasteiger partial charge in [0.05, 0.1) is 11.5 Å². The summed E-state index contributed by atoms with van der Waals surface area (Å²) < 4.78 is 0. The highest BCUT2D eigenvalue weighted by atomic mass is 16.6. The zero-order chi connectivity index (χ0) is 14.7. The molecule has 0 aromatic heterocycles. The molecule has 1 saturated heterocycles. The van der Waals surface area contributed by atoms with Gasteiger partial charge in [0.15, 0.2) is 5.78 Å². The van der Waals surface area contributed by atoms with E-state index >= 15 is 0 Å². The number of likely N-dealkylation sites (tertiary alicyclic amines) is 1. The maximum absolute atomic E-state index is 12.3. The van der Waals surface area contributed by atoms with Gasteiger partial charge in [0.25, 0.3) is 5.69 Å². The van der Waals surface area contributed by atoms with Gasteiger partial charge < -0.3 is 0 Å². The molecule has 0 spiro atoms. The van der Waals surface area contributed by atoms with Crippen molar-refractivity contribution in [1.29, 1.82) is 0 Å². The Hall–Kier alpha value is -1.75. The lowest BCUT2D eigenvalue weighted by Crippen LogP contribution is -2.43. The molecule has 1 aromatic rings. The van der Waals surface area contributed by atoms with Crippen molar-refractivity contribution in [2.75, 3.05) is 13.1 Å². The van der Waals surface area contributed by atoms with Gasteiger partial charge in [0, 0.05) is 30.3 Å². The molecule has 1 aliphatic heterocycles. The Morgan fingerprint density at radius 1 is 1.40 bits per heavy atom. The van der Waals surface area contributed by atoms with Crippen LogP contribution in [-0.4, -0.2) is 34.7 Å². The summed E-state index contributed by atoms with van der Waals surface area (Å²) in [5.74, 6) is 0.554. The van der Waals surface area contributed by atoms with Crippen LogP contribution < -0.4 is 0 Å². The Balaban J connectivity index is 2.07. The van der Waals surface area contributed by atoms with Crippen LogP contribution >= 0.6 is 0 Å². The Kier molecular flexibility index (Phi) is 4.49. The zero-order valence-corrected chi connectivity index (χ0v) is 11.9. The molecular weight excluding hydrogens is 256 g/mol. The molecule has 1 aromatic carbocycles. The van der Waals surface area contributed by atoms with E-state index in [1.54, 1.807) is 12.1 Å². The summed E-state index contributed by atoms with van der Waals surface area (Å²) in [5.41, 5.74) is 0.389. The molecule has 108 valence electrons. The van der Waals surface area contributed by atoms with Crippen LogP contribution in [-0.2, 0) is 0 Å². The molecular formula is C15H20N2O3. The molecule has 0 N–H and O–H groups in total. The van der Waals surface area contributed by atoms with Crippen molar-refractivity contribution in [2.24, 2.45) is 5.92 Å². The number of nitrogens with zero attached hydrogens (tertiary/aromatic N) is 2. The molecule has 1 heterocycles. The summed E-state index contributed by atoms with van der Waals surface area (Å²) >= 11 is 0. The summed E-state index contributed by atoms with van der Waals surface area (Å²) in [6.45, 7) is 5.58. The van der Waals surface area contributed by atoms with Crippen LogP contribution in [0, 0.1) is 16.0 Å². The molecule has 1 aliphatic rings. The first-order chi connectivity index (χ1) is 9.47. The lowest BCUT2D eigenvalue weighted by molar-refractivity contribution is -0.384. The summed E-state index contributed by atoms with van der Waals surface area (Å²) in [5, 5.41) is 10.7. The number of rotatable bonds is 4. The molecule has 2 unspecified atom stereocenters. The van der Waals surface area contributed by atoms with Crippen LogP contribution in [0.3, 0.4) is 0 Å². The minimum Gasteiger partial charge on any atom is -0.293 e. The van der Waals surface area contributed by atoms with Crippen LogP contribution in [0.15, 0.2) is 24.3 Å². The van der Waals surface area contributed by atoms with E-state index in [4.69, 9.17) is 0 Å². The third-order valence-corrected chi connectivity index (χ3v) is 3.97. The fourth-order valence-corrected chi connectivity index (χ4v) is 2.67. The number of carbonyl (C=O) groups is 1. The molecule has 0 bridgehead atoms. The van der Waals surface area contributed by atoms with Crippen LogP contribution in [0.1, 0.15) is 37.0 Å². The molecule has 2 rings (SSSR count). The largest absolute Gasteiger partial charge is 0.293 e. The van der Waals surface area contributed by atoms with Gasteiger partial charge in [0.2, 0.25) is 0 Å². The number of hydrogen-bond donors (Lipinski definition) is 0. The van der Waals surface area contributed by atoms with Crippen molar-refractivity contribution in [1.82, 2.24) is 4.90 Å². The van der Waals surface area contributed by atoms with Gasteiger partial charge in [0.1, 0.15) is 0 Å². The third-order valence-electron chi connectivity index (χ3n) is 3.97. The number of non-ortho nitro benzene ring substituents is 1. The Bertz CT molecular complexity index is 516. The van der Waals surface area contributed by atoms with Crippen LogP contribution in [0.5, 0.6) is 0 Å². The van der Waals surface area contributed by atoms with Crippen LogP contribution in [0.2, 0.25) is 0 Å². The monoisotopic (exact) mass is 276 g/mol. The van der Waals surface area contributed by atoms with Crippen molar-refractivity contribution in [2.45, 2.75) is 32.7 Å². The van der Waals surface area contributed by atoms with E-state index in [0.29, 0.717) is 24.1 Å². The van der Waals surface area contributed by atoms with Crippen LogP contribution in [0.4, 0.5) is 5.69 Å². The van der Waals surface area contributed by atoms with E-state index in [1.807, 2.05) is 0 Å². The molecule has 5 nitrogen and oxygen atoms in total. The van der Waals surface area contributed by atoms with Crippen molar-refractivity contribution >= 4 is 11.5 Å². The topological polar surface area (TPSA) is 63.5 Å². The van der Waals surface area contributed by atoms with Crippen LogP contribution in [0.25, 0.3) is 0 Å². The van der Waals surface area contributed by atoms with Crippen molar-refractivity contribution in [3.8, 4) is 0 Å². The minimum atomic E-state index is -0.470. The standard InChI is InChI=1S/C15H20N2O3/c1-11-6-7-12(2)16(9-11)10-15(18)13-4-3-5-14(8-13)17(19)20/h3-5,8,11-12H,6-7,9-10H2,1-2H3. The highest BCUT2D eigenvalue weighted by Gasteiger charge is 2.25. The average molecular weight is 276 g/mol. The smallest absolute Gasteiger partial charge is 0.270 e. The van der Waals surface area contributed by atoms with Crippen molar-refractivity contribution in [3.63, 3.8) is 0 Å². The lowest BCUT2D eigenvalue weighted by atomic mass is 9.94. The van der Waals surface area contributed by atoms with E-state index in [9.17, 15) is 14.9 Å². The van der Waals surface area contributed by atoms with Crippen molar-refractivity contribution < 1.29 is 9.72 Å². The first kappa shape index (κ1) is 14.7. The minimum absolute atomic E-state index is 0.0316. The SMILES string of the molecule is CC1CCC(C)N(CC(=O)c2cccc([N+](=O)[O-])c2)C1. The van der Waals surface area contributed by atoms with Gasteiger partial charge in [-0.1, -0.05) is 19.1 Å². The number of benzene rings is 1. The average Bonchev–Trinajstić information content (AvgIpc) is 2.43. The molecule has 5 heteroatoms. The number of nitro benzene ring substituents is 1. The van der Waals surface area contributed by atoms with E-state index < -0.39 is 4.92 Å². The first-order valence-electron chi connectivity index (χ1n) is 6.99. The fourth-order valence-electron chi connectivity index (χ4n) is 2.67. The fraction of sp³-hybridized carbons (Fsp3) is 0.533. The molecule has 0 amide bonds. The molecule has 0 aliphatic carbocycles. The quantitative estimate of drug-likeness (QED) is 0.482. The maximum Gasteiger partial charge on any atom is 0.270 e. The number of Topliss-reactive ketones (excluding diaryl/α,β-unsaturated/α-hetero) is 1. The third kappa shape index (κ3) is 3.42. The summed E-state index contributed by atoms with van der Waals surface area (Å²) in [6, 6.07) is 6.37. The zero-order valence-electron chi connectivity index (χ0n) is 11.9. The van der Waals surface area contributed by atoms with Gasteiger partial charge in [-0.05, 0) is 25.7 Å². The molecule has 1 fully saturated rings.